The number of non-ortho nitro benzene ring substituents is 1. The molecule has 0 unspecified atom stereocenters. The van der Waals surface area contributed by atoms with Gasteiger partial charge in [0.15, 0.2) is 0 Å². The molecule has 0 N–H and O–H groups in total. The molecule has 6 nitrogen and oxygen atoms in total. The lowest BCUT2D eigenvalue weighted by Crippen LogP contribution is -2.19. The molecule has 0 aliphatic rings. The summed E-state index contributed by atoms with van der Waals surface area (Å²) in [7, 11) is -4.75. The fourth-order valence-corrected chi connectivity index (χ4v) is 3.40. The van der Waals surface area contributed by atoms with E-state index >= 15 is 0 Å². The van der Waals surface area contributed by atoms with Gasteiger partial charge in [0.25, 0.3) is 5.69 Å². The monoisotopic (exact) mass is 365 g/mol. The minimum atomic E-state index is -4.75. The number of nitro groups is 1. The van der Waals surface area contributed by atoms with Gasteiger partial charge in [-0.1, -0.05) is 26.7 Å². The molecule has 0 aliphatic carbocycles. The van der Waals surface area contributed by atoms with Gasteiger partial charge in [0.2, 0.25) is 0 Å². The number of benzene rings is 1. The van der Waals surface area contributed by atoms with E-state index in [1.54, 1.807) is 0 Å². The lowest BCUT2D eigenvalue weighted by Gasteiger charge is -2.26. The molecule has 24 heavy (non-hydrogen) atoms. The predicted molar refractivity (Wildman–Crippen MR) is 86.3 cm³/mol. The average Bonchev–Trinajstić information content (AvgIpc) is 2.55. The van der Waals surface area contributed by atoms with E-state index in [9.17, 15) is 23.5 Å². The van der Waals surface area contributed by atoms with E-state index < -0.39 is 23.7 Å². The second-order valence-corrected chi connectivity index (χ2v) is 7.29. The molecule has 0 radical (unpaired) electrons. The maximum absolute atomic E-state index is 14.7. The van der Waals surface area contributed by atoms with E-state index in [1.165, 1.54) is 0 Å². The molecule has 0 aliphatic heterocycles. The van der Waals surface area contributed by atoms with Gasteiger partial charge in [0.1, 0.15) is 0 Å². The van der Waals surface area contributed by atoms with Crippen LogP contribution in [0.1, 0.15) is 45.1 Å². The lowest BCUT2D eigenvalue weighted by atomic mass is 10.2. The summed E-state index contributed by atoms with van der Waals surface area (Å²) in [5.41, 5.74) is -4.85. The highest BCUT2D eigenvalue weighted by molar-refractivity contribution is 7.54. The number of alkyl halides is 2. The highest BCUT2D eigenvalue weighted by Crippen LogP contribution is 2.67. The van der Waals surface area contributed by atoms with Crippen molar-refractivity contribution in [2.75, 3.05) is 13.2 Å². The fourth-order valence-electron chi connectivity index (χ4n) is 1.80. The Morgan fingerprint density at radius 2 is 1.54 bits per heavy atom. The van der Waals surface area contributed by atoms with Crippen LogP contribution >= 0.6 is 7.60 Å². The zero-order valence-electron chi connectivity index (χ0n) is 13.7. The quantitative estimate of drug-likeness (QED) is 0.225. The molecular formula is C15H22F2NO5P. The molecule has 0 spiro atoms. The van der Waals surface area contributed by atoms with Crippen molar-refractivity contribution in [1.82, 2.24) is 0 Å². The third-order valence-corrected chi connectivity index (χ3v) is 5.28. The predicted octanol–water partition coefficient (Wildman–Crippen LogP) is 5.47. The van der Waals surface area contributed by atoms with Crippen LogP contribution in [0, 0.1) is 10.1 Å². The van der Waals surface area contributed by atoms with Gasteiger partial charge in [-0.3, -0.25) is 14.7 Å². The van der Waals surface area contributed by atoms with Crippen LogP contribution in [0.25, 0.3) is 0 Å². The Labute approximate surface area is 139 Å². The van der Waals surface area contributed by atoms with Crippen LogP contribution in [0.3, 0.4) is 0 Å². The molecule has 0 saturated heterocycles. The first-order valence-corrected chi connectivity index (χ1v) is 9.34. The van der Waals surface area contributed by atoms with Crippen LogP contribution in [-0.4, -0.2) is 18.1 Å². The van der Waals surface area contributed by atoms with Gasteiger partial charge in [0, 0.05) is 17.7 Å². The number of halogens is 2. The molecule has 0 fully saturated rings. The first-order valence-electron chi connectivity index (χ1n) is 7.80. The van der Waals surface area contributed by atoms with E-state index in [0.717, 1.165) is 24.3 Å². The Bertz CT molecular complexity index is 566. The van der Waals surface area contributed by atoms with Crippen molar-refractivity contribution in [3.63, 3.8) is 0 Å². The smallest absolute Gasteiger partial charge is 0.304 e. The van der Waals surface area contributed by atoms with Gasteiger partial charge in [-0.2, -0.15) is 8.78 Å². The summed E-state index contributed by atoms with van der Waals surface area (Å²) in [6.07, 6.45) is 2.32. The number of hydrogen-bond donors (Lipinski definition) is 0. The van der Waals surface area contributed by atoms with Gasteiger partial charge in [-0.05, 0) is 25.0 Å². The third kappa shape index (κ3) is 5.06. The molecule has 0 saturated carbocycles. The van der Waals surface area contributed by atoms with Crippen LogP contribution in [0.4, 0.5) is 14.5 Å². The summed E-state index contributed by atoms with van der Waals surface area (Å²) in [5, 5.41) is 10.6. The zero-order chi connectivity index (χ0) is 18.2. The van der Waals surface area contributed by atoms with Gasteiger partial charge in [0.05, 0.1) is 18.1 Å². The SMILES string of the molecule is CCCCOP(=O)(OCCCC)C(F)(F)c1ccc([N+](=O)[O-])cc1. The van der Waals surface area contributed by atoms with Crippen molar-refractivity contribution < 1.29 is 27.3 Å². The minimum Gasteiger partial charge on any atom is -0.304 e. The molecule has 0 amide bonds. The Morgan fingerprint density at radius 3 is 1.92 bits per heavy atom. The Kier molecular flexibility index (Phi) is 7.93. The summed E-state index contributed by atoms with van der Waals surface area (Å²) in [5.74, 6) is 0. The molecule has 1 aromatic carbocycles. The summed E-state index contributed by atoms with van der Waals surface area (Å²) in [6.45, 7) is 3.48. The van der Waals surface area contributed by atoms with E-state index in [-0.39, 0.29) is 18.9 Å². The number of hydrogen-bond acceptors (Lipinski definition) is 5. The van der Waals surface area contributed by atoms with Crippen LogP contribution in [0.15, 0.2) is 24.3 Å². The molecule has 1 rings (SSSR count). The minimum absolute atomic E-state index is 0.109. The third-order valence-electron chi connectivity index (χ3n) is 3.29. The van der Waals surface area contributed by atoms with Crippen molar-refractivity contribution in [1.29, 1.82) is 0 Å². The Morgan fingerprint density at radius 1 is 1.08 bits per heavy atom. The van der Waals surface area contributed by atoms with E-state index in [2.05, 4.69) is 0 Å². The normalized spacial score (nSPS) is 12.3. The van der Waals surface area contributed by atoms with Crippen molar-refractivity contribution >= 4 is 13.3 Å². The van der Waals surface area contributed by atoms with Gasteiger partial charge >= 0.3 is 13.3 Å². The van der Waals surface area contributed by atoms with E-state index in [4.69, 9.17) is 9.05 Å². The largest absolute Gasteiger partial charge is 0.404 e. The van der Waals surface area contributed by atoms with Crippen LogP contribution in [0.5, 0.6) is 0 Å². The average molecular weight is 365 g/mol. The Balaban J connectivity index is 3.06. The summed E-state index contributed by atoms with van der Waals surface area (Å²) >= 11 is 0. The topological polar surface area (TPSA) is 78.7 Å². The molecule has 0 aromatic heterocycles. The summed E-state index contributed by atoms with van der Waals surface area (Å²) in [4.78, 5) is 9.92. The van der Waals surface area contributed by atoms with Gasteiger partial charge < -0.3 is 9.05 Å². The summed E-state index contributed by atoms with van der Waals surface area (Å²) in [6, 6.07) is 3.62. The maximum Gasteiger partial charge on any atom is 0.404 e. The second kappa shape index (κ2) is 9.20. The highest BCUT2D eigenvalue weighted by atomic mass is 31.2. The number of nitro benzene ring substituents is 1. The molecule has 136 valence electrons. The molecule has 9 heteroatoms. The van der Waals surface area contributed by atoms with Crippen LogP contribution in [-0.2, 0) is 19.3 Å². The number of unbranched alkanes of at least 4 members (excludes halogenated alkanes) is 2. The second-order valence-electron chi connectivity index (χ2n) is 5.22. The molecule has 0 atom stereocenters. The van der Waals surface area contributed by atoms with Crippen LogP contribution in [0.2, 0.25) is 0 Å². The molecule has 1 aromatic rings. The van der Waals surface area contributed by atoms with Crippen molar-refractivity contribution in [3.8, 4) is 0 Å². The molecular weight excluding hydrogens is 343 g/mol. The standard InChI is InChI=1S/C15H22F2NO5P/c1-3-5-11-22-24(21,23-12-6-4-2)15(16,17)13-7-9-14(10-8-13)18(19)20/h7-10H,3-6,11-12H2,1-2H3. The van der Waals surface area contributed by atoms with Crippen molar-refractivity contribution in [3.05, 3.63) is 39.9 Å². The number of rotatable bonds is 11. The molecule has 0 bridgehead atoms. The lowest BCUT2D eigenvalue weighted by molar-refractivity contribution is -0.384. The van der Waals surface area contributed by atoms with E-state index in [1.807, 2.05) is 13.8 Å². The first kappa shape index (κ1) is 20.7. The van der Waals surface area contributed by atoms with Crippen LogP contribution < -0.4 is 0 Å². The fraction of sp³-hybridized carbons (Fsp3) is 0.600. The molecule has 0 heterocycles. The first-order chi connectivity index (χ1) is 11.3. The van der Waals surface area contributed by atoms with Gasteiger partial charge in [-0.25, -0.2) is 0 Å². The number of nitrogens with zero attached hydrogens (tertiary/aromatic N) is 1. The Hall–Kier alpha value is -1.37. The van der Waals surface area contributed by atoms with Crippen molar-refractivity contribution in [2.45, 2.75) is 45.2 Å². The van der Waals surface area contributed by atoms with Crippen molar-refractivity contribution in [2.24, 2.45) is 0 Å². The summed E-state index contributed by atoms with van der Waals surface area (Å²) < 4.78 is 52.0. The van der Waals surface area contributed by atoms with Gasteiger partial charge in [-0.15, -0.1) is 0 Å². The zero-order valence-corrected chi connectivity index (χ0v) is 14.6. The highest BCUT2D eigenvalue weighted by Gasteiger charge is 2.55. The van der Waals surface area contributed by atoms with E-state index in [0.29, 0.717) is 25.7 Å². The maximum atomic E-state index is 14.7.